The van der Waals surface area contributed by atoms with Crippen molar-refractivity contribution in [3.8, 4) is 11.6 Å². The normalized spacial score (nSPS) is 16.2. The summed E-state index contributed by atoms with van der Waals surface area (Å²) in [5.41, 5.74) is 2.54. The topological polar surface area (TPSA) is 99.0 Å². The number of aryl methyl sites for hydroxylation is 1. The lowest BCUT2D eigenvalue weighted by atomic mass is 9.88. The number of nitrogens with one attached hydrogen (secondary N) is 1. The standard InChI is InChI=1S/C18H19N5O2S/c19-23-17(15-9-4-10-25-15)21-22-18(23)26-11-16(24)20-14-8-3-6-12-5-1-2-7-13(12)14/h1-2,4-5,7,9-10,14H,3,6,8,11,19H2,(H,20,24)/t14-/m1/s1. The summed E-state index contributed by atoms with van der Waals surface area (Å²) >= 11 is 1.25. The number of thioether (sulfide) groups is 1. The number of nitrogen functional groups attached to an aromatic ring is 1. The summed E-state index contributed by atoms with van der Waals surface area (Å²) in [6.45, 7) is 0. The van der Waals surface area contributed by atoms with E-state index < -0.39 is 0 Å². The van der Waals surface area contributed by atoms with Crippen molar-refractivity contribution in [2.75, 3.05) is 11.6 Å². The van der Waals surface area contributed by atoms with Crippen LogP contribution in [0.2, 0.25) is 0 Å². The zero-order valence-corrected chi connectivity index (χ0v) is 14.9. The van der Waals surface area contributed by atoms with Crippen LogP contribution in [0.3, 0.4) is 0 Å². The van der Waals surface area contributed by atoms with Crippen molar-refractivity contribution in [2.24, 2.45) is 0 Å². The Morgan fingerprint density at radius 3 is 3.04 bits per heavy atom. The number of nitrogens with two attached hydrogens (primary N) is 1. The van der Waals surface area contributed by atoms with E-state index in [1.807, 2.05) is 12.1 Å². The molecular weight excluding hydrogens is 350 g/mol. The Hall–Kier alpha value is -2.74. The zero-order chi connectivity index (χ0) is 17.9. The van der Waals surface area contributed by atoms with E-state index >= 15 is 0 Å². The van der Waals surface area contributed by atoms with Crippen LogP contribution in [0.5, 0.6) is 0 Å². The van der Waals surface area contributed by atoms with Gasteiger partial charge in [-0.15, -0.1) is 10.2 Å². The van der Waals surface area contributed by atoms with Gasteiger partial charge in [-0.1, -0.05) is 36.0 Å². The summed E-state index contributed by atoms with van der Waals surface area (Å²) in [6.07, 6.45) is 4.66. The van der Waals surface area contributed by atoms with Crippen LogP contribution in [-0.4, -0.2) is 26.5 Å². The molecule has 2 heterocycles. The molecule has 0 bridgehead atoms. The number of hydrogen-bond acceptors (Lipinski definition) is 6. The highest BCUT2D eigenvalue weighted by Gasteiger charge is 2.22. The van der Waals surface area contributed by atoms with Gasteiger partial charge < -0.3 is 15.6 Å². The quantitative estimate of drug-likeness (QED) is 0.530. The van der Waals surface area contributed by atoms with E-state index in [2.05, 4.69) is 27.6 Å². The molecule has 8 heteroatoms. The molecule has 3 N–H and O–H groups in total. The molecule has 0 fully saturated rings. The van der Waals surface area contributed by atoms with Crippen LogP contribution in [0.25, 0.3) is 11.6 Å². The average Bonchev–Trinajstić information content (AvgIpc) is 3.30. The molecule has 26 heavy (non-hydrogen) atoms. The number of aromatic nitrogens is 3. The second kappa shape index (κ2) is 7.25. The first-order valence-corrected chi connectivity index (χ1v) is 9.45. The summed E-state index contributed by atoms with van der Waals surface area (Å²) in [5, 5.41) is 11.7. The van der Waals surface area contributed by atoms with Crippen molar-refractivity contribution in [3.05, 3.63) is 53.8 Å². The maximum Gasteiger partial charge on any atom is 0.230 e. The van der Waals surface area contributed by atoms with E-state index in [9.17, 15) is 4.79 Å². The van der Waals surface area contributed by atoms with Crippen LogP contribution in [-0.2, 0) is 11.2 Å². The fraction of sp³-hybridized carbons (Fsp3) is 0.278. The molecule has 0 saturated heterocycles. The van der Waals surface area contributed by atoms with Crippen LogP contribution in [0.4, 0.5) is 0 Å². The summed E-state index contributed by atoms with van der Waals surface area (Å²) in [4.78, 5) is 12.4. The highest BCUT2D eigenvalue weighted by Crippen LogP contribution is 2.29. The molecule has 134 valence electrons. The van der Waals surface area contributed by atoms with E-state index in [0.717, 1.165) is 19.3 Å². The van der Waals surface area contributed by atoms with Gasteiger partial charge in [0.1, 0.15) is 0 Å². The molecule has 1 aliphatic carbocycles. The van der Waals surface area contributed by atoms with Gasteiger partial charge in [0.15, 0.2) is 5.76 Å². The molecule has 0 aliphatic heterocycles. The lowest BCUT2D eigenvalue weighted by molar-refractivity contribution is -0.119. The Kier molecular flexibility index (Phi) is 4.66. The van der Waals surface area contributed by atoms with E-state index in [-0.39, 0.29) is 17.7 Å². The monoisotopic (exact) mass is 369 g/mol. The Morgan fingerprint density at radius 1 is 1.31 bits per heavy atom. The highest BCUT2D eigenvalue weighted by atomic mass is 32.2. The molecule has 4 rings (SSSR count). The molecule has 7 nitrogen and oxygen atoms in total. The third-order valence-corrected chi connectivity index (χ3v) is 5.39. The van der Waals surface area contributed by atoms with Crippen LogP contribution in [0.15, 0.2) is 52.2 Å². The molecule has 0 unspecified atom stereocenters. The predicted molar refractivity (Wildman–Crippen MR) is 98.9 cm³/mol. The van der Waals surface area contributed by atoms with E-state index in [1.54, 1.807) is 18.4 Å². The minimum atomic E-state index is -0.0424. The van der Waals surface area contributed by atoms with Gasteiger partial charge in [0, 0.05) is 0 Å². The molecule has 1 atom stereocenters. The molecule has 1 aliphatic rings. The van der Waals surface area contributed by atoms with E-state index in [1.165, 1.54) is 27.6 Å². The SMILES string of the molecule is Nn1c(SCC(=O)N[C@@H]2CCCc3ccccc32)nnc1-c1ccco1. The largest absolute Gasteiger partial charge is 0.461 e. The van der Waals surface area contributed by atoms with Gasteiger partial charge in [0.05, 0.1) is 18.1 Å². The van der Waals surface area contributed by atoms with Gasteiger partial charge in [-0.2, -0.15) is 0 Å². The Labute approximate surface area is 154 Å². The van der Waals surface area contributed by atoms with Gasteiger partial charge >= 0.3 is 0 Å². The smallest absolute Gasteiger partial charge is 0.230 e. The van der Waals surface area contributed by atoms with Gasteiger partial charge in [-0.3, -0.25) is 4.79 Å². The summed E-state index contributed by atoms with van der Waals surface area (Å²) in [5.74, 6) is 7.16. The van der Waals surface area contributed by atoms with Gasteiger partial charge in [-0.05, 0) is 42.5 Å². The van der Waals surface area contributed by atoms with Gasteiger partial charge in [0.2, 0.25) is 16.9 Å². The summed E-state index contributed by atoms with van der Waals surface area (Å²) in [7, 11) is 0. The second-order valence-corrected chi connectivity index (χ2v) is 7.10. The average molecular weight is 369 g/mol. The molecule has 2 aromatic heterocycles. The van der Waals surface area contributed by atoms with Gasteiger partial charge in [-0.25, -0.2) is 4.68 Å². The number of furan rings is 1. The fourth-order valence-electron chi connectivity index (χ4n) is 3.22. The van der Waals surface area contributed by atoms with Crippen molar-refractivity contribution in [1.82, 2.24) is 20.2 Å². The minimum Gasteiger partial charge on any atom is -0.461 e. The molecular formula is C18H19N5O2S. The molecule has 1 amide bonds. The van der Waals surface area contributed by atoms with Crippen molar-refractivity contribution in [3.63, 3.8) is 0 Å². The van der Waals surface area contributed by atoms with E-state index in [4.69, 9.17) is 10.3 Å². The molecule has 1 aromatic carbocycles. The van der Waals surface area contributed by atoms with Crippen LogP contribution in [0, 0.1) is 0 Å². The first-order valence-electron chi connectivity index (χ1n) is 8.46. The minimum absolute atomic E-state index is 0.0424. The van der Waals surface area contributed by atoms with Crippen LogP contribution in [0.1, 0.15) is 30.0 Å². The lowest BCUT2D eigenvalue weighted by Gasteiger charge is -2.26. The second-order valence-electron chi connectivity index (χ2n) is 6.15. The molecule has 0 spiro atoms. The Balaban J connectivity index is 1.38. The Morgan fingerprint density at radius 2 is 2.19 bits per heavy atom. The number of fused-ring (bicyclic) bond motifs is 1. The number of hydrogen-bond donors (Lipinski definition) is 2. The third-order valence-electron chi connectivity index (χ3n) is 4.44. The molecule has 0 saturated carbocycles. The lowest BCUT2D eigenvalue weighted by Crippen LogP contribution is -2.32. The van der Waals surface area contributed by atoms with Crippen LogP contribution < -0.4 is 11.2 Å². The predicted octanol–water partition coefficient (Wildman–Crippen LogP) is 2.54. The number of carbonyl (C=O) groups is 1. The Bertz CT molecular complexity index is 906. The first-order chi connectivity index (χ1) is 12.7. The van der Waals surface area contributed by atoms with Gasteiger partial charge in [0.25, 0.3) is 0 Å². The number of amides is 1. The molecule has 3 aromatic rings. The third kappa shape index (κ3) is 3.32. The van der Waals surface area contributed by atoms with Crippen molar-refractivity contribution >= 4 is 17.7 Å². The summed E-state index contributed by atoms with van der Waals surface area (Å²) < 4.78 is 6.62. The fourth-order valence-corrected chi connectivity index (χ4v) is 3.89. The van der Waals surface area contributed by atoms with E-state index in [0.29, 0.717) is 16.7 Å². The van der Waals surface area contributed by atoms with Crippen LogP contribution >= 0.6 is 11.8 Å². The highest BCUT2D eigenvalue weighted by molar-refractivity contribution is 7.99. The first kappa shape index (κ1) is 16.7. The molecule has 0 radical (unpaired) electrons. The zero-order valence-electron chi connectivity index (χ0n) is 14.1. The number of nitrogens with zero attached hydrogens (tertiary/aromatic N) is 3. The van der Waals surface area contributed by atoms with Crippen molar-refractivity contribution in [2.45, 2.75) is 30.5 Å². The summed E-state index contributed by atoms with van der Waals surface area (Å²) in [6, 6.07) is 11.9. The maximum absolute atomic E-state index is 12.4. The number of benzene rings is 1. The van der Waals surface area contributed by atoms with Crippen molar-refractivity contribution in [1.29, 1.82) is 0 Å². The number of rotatable bonds is 5. The maximum atomic E-state index is 12.4. The van der Waals surface area contributed by atoms with Crippen molar-refractivity contribution < 1.29 is 9.21 Å². The number of carbonyl (C=O) groups excluding carboxylic acids is 1.